The number of likely N-dealkylation sites (tertiary alicyclic amines) is 1. The molecule has 3 aromatic heterocycles. The second kappa shape index (κ2) is 8.59. The topological polar surface area (TPSA) is 72.5 Å². The Bertz CT molecular complexity index is 1100. The van der Waals surface area contributed by atoms with Crippen molar-refractivity contribution in [1.29, 1.82) is 0 Å². The lowest BCUT2D eigenvalue weighted by Gasteiger charge is -2.36. The van der Waals surface area contributed by atoms with Gasteiger partial charge in [-0.1, -0.05) is 26.6 Å². The van der Waals surface area contributed by atoms with E-state index >= 15 is 0 Å². The Balaban J connectivity index is 1.69. The second-order valence-electron chi connectivity index (χ2n) is 9.84. The lowest BCUT2D eigenvalue weighted by atomic mass is 9.93. The van der Waals surface area contributed by atoms with E-state index in [1.807, 2.05) is 17.0 Å². The van der Waals surface area contributed by atoms with E-state index in [4.69, 9.17) is 9.72 Å². The van der Waals surface area contributed by atoms with Crippen LogP contribution >= 0.6 is 15.9 Å². The molecule has 7 nitrogen and oxygen atoms in total. The molecule has 1 aliphatic heterocycles. The first-order chi connectivity index (χ1) is 14.7. The van der Waals surface area contributed by atoms with Crippen LogP contribution in [0.25, 0.3) is 21.9 Å². The van der Waals surface area contributed by atoms with E-state index in [0.717, 1.165) is 45.5 Å². The van der Waals surface area contributed by atoms with Crippen LogP contribution in [0.3, 0.4) is 0 Å². The van der Waals surface area contributed by atoms with Crippen LogP contribution < -0.4 is 0 Å². The molecule has 168 valence electrons. The molecule has 1 fully saturated rings. The van der Waals surface area contributed by atoms with Crippen molar-refractivity contribution in [3.63, 3.8) is 0 Å². The van der Waals surface area contributed by atoms with Gasteiger partial charge in [-0.25, -0.2) is 9.78 Å². The number of aromatic nitrogens is 3. The van der Waals surface area contributed by atoms with E-state index in [9.17, 15) is 9.90 Å². The summed E-state index contributed by atoms with van der Waals surface area (Å²) < 4.78 is 11.3. The van der Waals surface area contributed by atoms with E-state index in [2.05, 4.69) is 59.3 Å². The molecule has 1 aliphatic rings. The number of rotatable bonds is 6. The van der Waals surface area contributed by atoms with Gasteiger partial charge in [-0.05, 0) is 40.4 Å². The zero-order valence-electron chi connectivity index (χ0n) is 18.6. The standard InChI is InChI=1S/C22H31BrN4O3Si/c1-15-5-7-25(22(28)29)13-18(15)27-8-6-16-11-24-21-19(20(16)27)17(23)12-26(21)14-30-9-10-31(2,3)4/h6,8,11-12,15,18H,5,7,9-10,13-14H2,1-4H3,(H,28,29)/t15-,18+/m1/s1. The van der Waals surface area contributed by atoms with Crippen molar-refractivity contribution in [3.8, 4) is 0 Å². The fourth-order valence-electron chi connectivity index (χ4n) is 4.34. The van der Waals surface area contributed by atoms with Crippen molar-refractivity contribution in [1.82, 2.24) is 19.0 Å². The molecular formula is C22H31BrN4O3Si. The van der Waals surface area contributed by atoms with Gasteiger partial charge in [0.15, 0.2) is 0 Å². The number of hydrogen-bond acceptors (Lipinski definition) is 3. The third-order valence-electron chi connectivity index (χ3n) is 6.29. The summed E-state index contributed by atoms with van der Waals surface area (Å²) in [6.45, 7) is 11.6. The molecule has 4 rings (SSSR count). The molecule has 1 amide bonds. The first-order valence-corrected chi connectivity index (χ1v) is 15.4. The summed E-state index contributed by atoms with van der Waals surface area (Å²) in [5.41, 5.74) is 1.98. The average Bonchev–Trinajstić information content (AvgIpc) is 3.25. The van der Waals surface area contributed by atoms with Gasteiger partial charge >= 0.3 is 6.09 Å². The highest BCUT2D eigenvalue weighted by atomic mass is 79.9. The Morgan fingerprint density at radius 3 is 2.87 bits per heavy atom. The summed E-state index contributed by atoms with van der Waals surface area (Å²) in [6.07, 6.45) is 6.03. The van der Waals surface area contributed by atoms with Crippen LogP contribution in [-0.4, -0.2) is 58.0 Å². The van der Waals surface area contributed by atoms with Gasteiger partial charge in [0.05, 0.1) is 16.9 Å². The summed E-state index contributed by atoms with van der Waals surface area (Å²) in [6, 6.07) is 3.30. The van der Waals surface area contributed by atoms with E-state index in [1.54, 1.807) is 0 Å². The number of carboxylic acid groups (broad SMARTS) is 1. The fraction of sp³-hybridized carbons (Fsp3) is 0.545. The lowest BCUT2D eigenvalue weighted by molar-refractivity contribution is 0.0898. The maximum absolute atomic E-state index is 11.6. The van der Waals surface area contributed by atoms with Crippen molar-refractivity contribution in [3.05, 3.63) is 29.1 Å². The average molecular weight is 508 g/mol. The molecule has 1 saturated heterocycles. The number of pyridine rings is 1. The molecule has 3 aromatic rings. The van der Waals surface area contributed by atoms with Crippen LogP contribution in [-0.2, 0) is 11.5 Å². The molecule has 31 heavy (non-hydrogen) atoms. The van der Waals surface area contributed by atoms with E-state index in [-0.39, 0.29) is 6.04 Å². The number of fused-ring (bicyclic) bond motifs is 3. The zero-order chi connectivity index (χ0) is 22.3. The maximum atomic E-state index is 11.6. The maximum Gasteiger partial charge on any atom is 0.407 e. The monoisotopic (exact) mass is 506 g/mol. The Labute approximate surface area is 192 Å². The Morgan fingerprint density at radius 1 is 1.39 bits per heavy atom. The van der Waals surface area contributed by atoms with Crippen LogP contribution in [0.2, 0.25) is 25.7 Å². The zero-order valence-corrected chi connectivity index (χ0v) is 21.2. The molecule has 0 aromatic carbocycles. The third-order valence-corrected chi connectivity index (χ3v) is 8.59. The number of piperidine rings is 1. The number of carbonyl (C=O) groups is 1. The number of nitrogens with zero attached hydrogens (tertiary/aromatic N) is 4. The van der Waals surface area contributed by atoms with Crippen LogP contribution in [0.15, 0.2) is 29.1 Å². The first kappa shape index (κ1) is 22.4. The summed E-state index contributed by atoms with van der Waals surface area (Å²) >= 11 is 3.75. The lowest BCUT2D eigenvalue weighted by Crippen LogP contribution is -2.43. The summed E-state index contributed by atoms with van der Waals surface area (Å²) in [7, 11) is -1.13. The fourth-order valence-corrected chi connectivity index (χ4v) is 5.71. The molecule has 2 atom stereocenters. The van der Waals surface area contributed by atoms with Crippen molar-refractivity contribution in [2.75, 3.05) is 19.7 Å². The molecule has 1 N–H and O–H groups in total. The number of hydrogen-bond donors (Lipinski definition) is 1. The minimum Gasteiger partial charge on any atom is -0.465 e. The van der Waals surface area contributed by atoms with Crippen molar-refractivity contribution >= 4 is 52.0 Å². The highest BCUT2D eigenvalue weighted by molar-refractivity contribution is 9.10. The van der Waals surface area contributed by atoms with Crippen LogP contribution in [0, 0.1) is 5.92 Å². The van der Waals surface area contributed by atoms with Gasteiger partial charge in [0.25, 0.3) is 0 Å². The Kier molecular flexibility index (Phi) is 6.20. The minimum absolute atomic E-state index is 0.0937. The predicted octanol–water partition coefficient (Wildman–Crippen LogP) is 5.63. The number of halogens is 1. The van der Waals surface area contributed by atoms with Gasteiger partial charge in [-0.15, -0.1) is 0 Å². The Hall–Kier alpha value is -1.84. The van der Waals surface area contributed by atoms with Crippen molar-refractivity contribution in [2.45, 2.75) is 51.8 Å². The normalized spacial score (nSPS) is 20.1. The van der Waals surface area contributed by atoms with Crippen LogP contribution in [0.4, 0.5) is 4.79 Å². The van der Waals surface area contributed by atoms with Crippen LogP contribution in [0.5, 0.6) is 0 Å². The van der Waals surface area contributed by atoms with Gasteiger partial charge in [0.1, 0.15) is 12.4 Å². The summed E-state index contributed by atoms with van der Waals surface area (Å²) in [4.78, 5) is 17.8. The van der Waals surface area contributed by atoms with E-state index in [1.165, 1.54) is 4.90 Å². The largest absolute Gasteiger partial charge is 0.465 e. The smallest absolute Gasteiger partial charge is 0.407 e. The molecule has 9 heteroatoms. The molecule has 4 heterocycles. The van der Waals surface area contributed by atoms with Crippen molar-refractivity contribution < 1.29 is 14.6 Å². The first-order valence-electron chi connectivity index (χ1n) is 10.9. The number of ether oxygens (including phenoxy) is 1. The van der Waals surface area contributed by atoms with Gasteiger partial charge in [-0.2, -0.15) is 0 Å². The van der Waals surface area contributed by atoms with E-state index < -0.39 is 14.2 Å². The molecule has 0 saturated carbocycles. The molecule has 0 unspecified atom stereocenters. The number of amides is 1. The third kappa shape index (κ3) is 4.54. The van der Waals surface area contributed by atoms with Gasteiger partial charge in [0, 0.05) is 56.2 Å². The summed E-state index contributed by atoms with van der Waals surface area (Å²) in [5.74, 6) is 0.389. The molecule has 0 aliphatic carbocycles. The molecule has 0 bridgehead atoms. The van der Waals surface area contributed by atoms with Crippen LogP contribution in [0.1, 0.15) is 19.4 Å². The predicted molar refractivity (Wildman–Crippen MR) is 129 cm³/mol. The van der Waals surface area contributed by atoms with Gasteiger partial charge in [-0.3, -0.25) is 0 Å². The minimum atomic E-state index is -1.13. The SMILES string of the molecule is C[C@@H]1CCN(C(=O)O)C[C@@H]1n1ccc2cnc3c(c(Br)cn3COCC[Si](C)(C)C)c21. The molecular weight excluding hydrogens is 476 g/mol. The molecule has 0 spiro atoms. The highest BCUT2D eigenvalue weighted by Gasteiger charge is 2.31. The van der Waals surface area contributed by atoms with E-state index in [0.29, 0.717) is 25.7 Å². The molecule has 0 radical (unpaired) electrons. The quantitative estimate of drug-likeness (QED) is 0.347. The second-order valence-corrected chi connectivity index (χ2v) is 16.3. The summed E-state index contributed by atoms with van der Waals surface area (Å²) in [5, 5.41) is 11.6. The van der Waals surface area contributed by atoms with Crippen molar-refractivity contribution in [2.24, 2.45) is 5.92 Å². The van der Waals surface area contributed by atoms with Gasteiger partial charge < -0.3 is 23.9 Å². The highest BCUT2D eigenvalue weighted by Crippen LogP contribution is 2.37. The Morgan fingerprint density at radius 2 is 2.16 bits per heavy atom. The van der Waals surface area contributed by atoms with Gasteiger partial charge in [0.2, 0.25) is 0 Å².